The fourth-order valence-electron chi connectivity index (χ4n) is 6.57. The molecule has 2 heterocycles. The Labute approximate surface area is 333 Å². The van der Waals surface area contributed by atoms with Crippen molar-refractivity contribution in [3.05, 3.63) is 129 Å². The Hall–Kier alpha value is -3.83. The number of aromatic amines is 1. The van der Waals surface area contributed by atoms with E-state index in [9.17, 15) is 14.7 Å². The van der Waals surface area contributed by atoms with Crippen molar-refractivity contribution in [1.29, 1.82) is 0 Å². The minimum atomic E-state index is -2.66. The van der Waals surface area contributed by atoms with Crippen LogP contribution >= 0.6 is 0 Å². The molecule has 1 aliphatic heterocycles. The summed E-state index contributed by atoms with van der Waals surface area (Å²) in [7, 11) is -2.04. The Bertz CT molecular complexity index is 1990. The normalized spacial score (nSPS) is 20.9. The highest BCUT2D eigenvalue weighted by atomic mass is 28.4. The summed E-state index contributed by atoms with van der Waals surface area (Å²) in [5, 5.41) is 11.3. The van der Waals surface area contributed by atoms with Gasteiger partial charge in [0.05, 0.1) is 27.4 Å². The van der Waals surface area contributed by atoms with E-state index < -0.39 is 64.1 Å². The van der Waals surface area contributed by atoms with Gasteiger partial charge in [-0.25, -0.2) is 4.79 Å². The lowest BCUT2D eigenvalue weighted by atomic mass is 9.79. The molecular formula is C43H60N2O9Si2. The molecular weight excluding hydrogens is 745 g/mol. The van der Waals surface area contributed by atoms with E-state index in [0.29, 0.717) is 11.5 Å². The third-order valence-electron chi connectivity index (χ3n) is 12.0. The van der Waals surface area contributed by atoms with Gasteiger partial charge in [0.25, 0.3) is 5.56 Å². The molecule has 0 aliphatic carbocycles. The number of aliphatic hydroxyl groups is 1. The van der Waals surface area contributed by atoms with Crippen molar-refractivity contribution in [2.24, 2.45) is 0 Å². The third-order valence-corrected chi connectivity index (χ3v) is 20.9. The van der Waals surface area contributed by atoms with Crippen LogP contribution in [-0.4, -0.2) is 76.5 Å². The van der Waals surface area contributed by atoms with Crippen LogP contribution in [0.4, 0.5) is 0 Å². The molecule has 1 aliphatic rings. The number of aliphatic hydroxyl groups excluding tert-OH is 1. The molecule has 4 aromatic rings. The van der Waals surface area contributed by atoms with Crippen LogP contribution in [0.5, 0.6) is 11.5 Å². The maximum Gasteiger partial charge on any atom is 0.330 e. The van der Waals surface area contributed by atoms with E-state index in [0.717, 1.165) is 16.7 Å². The van der Waals surface area contributed by atoms with Crippen LogP contribution < -0.4 is 20.7 Å². The van der Waals surface area contributed by atoms with Gasteiger partial charge in [-0.1, -0.05) is 96.1 Å². The third kappa shape index (κ3) is 8.40. The van der Waals surface area contributed by atoms with Crippen LogP contribution in [0.1, 0.15) is 64.5 Å². The molecule has 13 heteroatoms. The number of methoxy groups -OCH3 is 2. The van der Waals surface area contributed by atoms with E-state index in [2.05, 4.69) is 72.7 Å². The summed E-state index contributed by atoms with van der Waals surface area (Å²) in [6, 6.07) is 26.6. The van der Waals surface area contributed by atoms with Crippen LogP contribution in [0.15, 0.2) is 101 Å². The number of H-pyrrole nitrogens is 1. The molecule has 0 radical (unpaired) electrons. The van der Waals surface area contributed by atoms with Gasteiger partial charge in [0.15, 0.2) is 22.9 Å². The molecule has 5 rings (SSSR count). The molecule has 0 spiro atoms. The van der Waals surface area contributed by atoms with Crippen molar-refractivity contribution < 1.29 is 32.9 Å². The topological polar surface area (TPSA) is 130 Å². The first-order valence-corrected chi connectivity index (χ1v) is 24.9. The average Bonchev–Trinajstić information content (AvgIpc) is 3.43. The summed E-state index contributed by atoms with van der Waals surface area (Å²) in [4.78, 5) is 28.3. The Morgan fingerprint density at radius 1 is 0.732 bits per heavy atom. The molecule has 56 heavy (non-hydrogen) atoms. The smallest absolute Gasteiger partial charge is 0.330 e. The van der Waals surface area contributed by atoms with E-state index in [1.807, 2.05) is 78.9 Å². The molecule has 4 atom stereocenters. The number of nitrogens with zero attached hydrogens (tertiary/aromatic N) is 1. The summed E-state index contributed by atoms with van der Waals surface area (Å²) < 4.78 is 41.5. The Morgan fingerprint density at radius 2 is 1.21 bits per heavy atom. The highest BCUT2D eigenvalue weighted by molar-refractivity contribution is 6.74. The predicted octanol–water partition coefficient (Wildman–Crippen LogP) is 7.60. The highest BCUT2D eigenvalue weighted by Gasteiger charge is 2.62. The molecule has 1 aromatic heterocycles. The van der Waals surface area contributed by atoms with Crippen LogP contribution in [0.25, 0.3) is 0 Å². The van der Waals surface area contributed by atoms with Gasteiger partial charge in [-0.3, -0.25) is 14.3 Å². The molecule has 1 saturated heterocycles. The van der Waals surface area contributed by atoms with Gasteiger partial charge in [0.1, 0.15) is 34.9 Å². The van der Waals surface area contributed by atoms with Crippen LogP contribution in [0, 0.1) is 0 Å². The molecule has 304 valence electrons. The number of hydrogen-bond acceptors (Lipinski definition) is 9. The molecule has 0 bridgehead atoms. The van der Waals surface area contributed by atoms with E-state index in [4.69, 9.17) is 27.8 Å². The number of aromatic nitrogens is 2. The van der Waals surface area contributed by atoms with Crippen LogP contribution in [0.3, 0.4) is 0 Å². The zero-order valence-corrected chi connectivity index (χ0v) is 37.0. The molecule has 11 nitrogen and oxygen atoms in total. The fourth-order valence-corrected chi connectivity index (χ4v) is 9.18. The Kier molecular flexibility index (Phi) is 12.5. The van der Waals surface area contributed by atoms with Gasteiger partial charge >= 0.3 is 5.69 Å². The van der Waals surface area contributed by atoms with E-state index in [-0.39, 0.29) is 16.7 Å². The summed E-state index contributed by atoms with van der Waals surface area (Å²) in [5.41, 5.74) is -1.61. The molecule has 2 N–H and O–H groups in total. The lowest BCUT2D eigenvalue weighted by Gasteiger charge is -2.46. The van der Waals surface area contributed by atoms with Crippen molar-refractivity contribution >= 4 is 16.6 Å². The Morgan fingerprint density at radius 3 is 1.66 bits per heavy atom. The zero-order valence-electron chi connectivity index (χ0n) is 35.0. The largest absolute Gasteiger partial charge is 0.497 e. The number of benzene rings is 3. The van der Waals surface area contributed by atoms with Gasteiger partial charge in [-0.05, 0) is 77.2 Å². The van der Waals surface area contributed by atoms with E-state index in [1.165, 1.54) is 16.8 Å². The predicted molar refractivity (Wildman–Crippen MR) is 224 cm³/mol. The summed E-state index contributed by atoms with van der Waals surface area (Å²) >= 11 is 0. The second-order valence-corrected chi connectivity index (χ2v) is 27.2. The minimum Gasteiger partial charge on any atom is -0.497 e. The summed E-state index contributed by atoms with van der Waals surface area (Å²) in [5.74, 6) is 1.36. The highest BCUT2D eigenvalue weighted by Crippen LogP contribution is 2.50. The van der Waals surface area contributed by atoms with Gasteiger partial charge in [-0.15, -0.1) is 0 Å². The van der Waals surface area contributed by atoms with Crippen molar-refractivity contribution in [2.45, 2.75) is 107 Å². The van der Waals surface area contributed by atoms with Gasteiger partial charge < -0.3 is 32.9 Å². The minimum absolute atomic E-state index is 0.193. The van der Waals surface area contributed by atoms with E-state index >= 15 is 0 Å². The average molecular weight is 805 g/mol. The standard InChI is InChI=1S/C43H60N2O9Si2/c1-40(2,3)55(9,10)53-36-37(54-56(11,12)41(4,5)6)42(28-46,52-38(36)45-27-26-35(47)44-39(45)48)29-51-43(30-16-14-13-15-17-30,31-18-22-33(49-7)23-19-31)32-20-24-34(50-8)25-21-32/h13-27,36-38,46H,28-29H2,1-12H3,(H,44,47,48)/t36-,37+,38-,42+/m1/s1. The molecule has 1 fully saturated rings. The number of hydrogen-bond donors (Lipinski definition) is 2. The molecule has 0 amide bonds. The first kappa shape index (κ1) is 43.3. The number of nitrogens with one attached hydrogen (secondary N) is 1. The first-order chi connectivity index (χ1) is 26.1. The molecule has 0 saturated carbocycles. The van der Waals surface area contributed by atoms with Gasteiger partial charge in [-0.2, -0.15) is 0 Å². The number of ether oxygens (including phenoxy) is 4. The number of rotatable bonds is 14. The maximum atomic E-state index is 13.6. The SMILES string of the molecule is COc1ccc(C(OC[C@]2(CO)O[C@@H](n3ccc(=O)[nH]c3=O)[C@H](O[Si](C)(C)C(C)(C)C)[C@@H]2O[Si](C)(C)C(C)(C)C)(c2ccccc2)c2ccc(OC)cc2)cc1. The first-order valence-electron chi connectivity index (χ1n) is 19.1. The zero-order chi connectivity index (χ0) is 41.3. The quantitative estimate of drug-likeness (QED) is 0.0978. The second kappa shape index (κ2) is 16.2. The molecule has 3 aromatic carbocycles. The van der Waals surface area contributed by atoms with Crippen molar-refractivity contribution in [3.63, 3.8) is 0 Å². The lowest BCUT2D eigenvalue weighted by Crippen LogP contribution is -2.60. The maximum absolute atomic E-state index is 13.6. The van der Waals surface area contributed by atoms with Gasteiger partial charge in [0, 0.05) is 12.3 Å². The monoisotopic (exact) mass is 804 g/mol. The summed E-state index contributed by atoms with van der Waals surface area (Å²) in [6.45, 7) is 20.7. The Balaban J connectivity index is 1.78. The fraction of sp³-hybridized carbons (Fsp3) is 0.488. The lowest BCUT2D eigenvalue weighted by molar-refractivity contribution is -0.176. The molecule has 0 unspecified atom stereocenters. The van der Waals surface area contributed by atoms with Crippen LogP contribution in [-0.2, 0) is 23.9 Å². The van der Waals surface area contributed by atoms with Crippen molar-refractivity contribution in [2.75, 3.05) is 27.4 Å². The van der Waals surface area contributed by atoms with Gasteiger partial charge in [0.2, 0.25) is 0 Å². The van der Waals surface area contributed by atoms with Crippen molar-refractivity contribution in [3.8, 4) is 11.5 Å². The second-order valence-electron chi connectivity index (χ2n) is 17.7. The van der Waals surface area contributed by atoms with Crippen LogP contribution in [0.2, 0.25) is 36.3 Å². The summed E-state index contributed by atoms with van der Waals surface area (Å²) in [6.07, 6.45) is -1.47. The van der Waals surface area contributed by atoms with E-state index in [1.54, 1.807) is 14.2 Å². The van der Waals surface area contributed by atoms with Crippen molar-refractivity contribution in [1.82, 2.24) is 9.55 Å².